The van der Waals surface area contributed by atoms with Gasteiger partial charge in [0.05, 0.1) is 6.04 Å². The van der Waals surface area contributed by atoms with E-state index >= 15 is 0 Å². The minimum absolute atomic E-state index is 0.00330. The van der Waals surface area contributed by atoms with Crippen molar-refractivity contribution >= 4 is 46.5 Å². The number of hydrogen-bond acceptors (Lipinski definition) is 7. The Balaban J connectivity index is 1.66. The second-order valence-electron chi connectivity index (χ2n) is 10.2. The van der Waals surface area contributed by atoms with Gasteiger partial charge >= 0.3 is 11.9 Å². The zero-order chi connectivity index (χ0) is 30.8. The number of benzene rings is 1. The minimum atomic E-state index is -1.34. The van der Waals surface area contributed by atoms with Crippen molar-refractivity contribution in [2.45, 2.75) is 69.1 Å². The van der Waals surface area contributed by atoms with E-state index < -0.39 is 60.2 Å². The van der Waals surface area contributed by atoms with Crippen LogP contribution in [0.2, 0.25) is 0 Å². The number of aromatic amines is 1. The van der Waals surface area contributed by atoms with Crippen molar-refractivity contribution in [3.8, 4) is 0 Å². The summed E-state index contributed by atoms with van der Waals surface area (Å²) in [5.74, 6) is -4.59. The lowest BCUT2D eigenvalue weighted by atomic mass is 10.0. The third-order valence-corrected chi connectivity index (χ3v) is 7.11. The normalized spacial score (nSPS) is 16.8. The lowest BCUT2D eigenvalue weighted by Gasteiger charge is -2.28. The average molecular weight is 587 g/mol. The van der Waals surface area contributed by atoms with Gasteiger partial charge in [0.2, 0.25) is 17.7 Å². The van der Waals surface area contributed by atoms with Gasteiger partial charge in [-0.1, -0.05) is 18.2 Å². The van der Waals surface area contributed by atoms with Gasteiger partial charge in [-0.05, 0) is 50.2 Å². The van der Waals surface area contributed by atoms with Gasteiger partial charge in [-0.15, -0.1) is 0 Å². The fraction of sp³-hybridized carbons (Fsp3) is 0.481. The summed E-state index contributed by atoms with van der Waals surface area (Å²) in [6.45, 7) is 0.441. The number of carboxylic acid groups (broad SMARTS) is 2. The van der Waals surface area contributed by atoms with Gasteiger partial charge in [0.15, 0.2) is 5.96 Å². The number of fused-ring (bicyclic) bond motifs is 1. The van der Waals surface area contributed by atoms with Crippen molar-refractivity contribution in [3.05, 3.63) is 36.0 Å². The maximum Gasteiger partial charge on any atom is 0.326 e. The smallest absolute Gasteiger partial charge is 0.326 e. The number of aliphatic imine (C=N–C) groups is 1. The summed E-state index contributed by atoms with van der Waals surface area (Å²) in [6.07, 6.45) is 2.41. The lowest BCUT2D eigenvalue weighted by molar-refractivity contribution is -0.144. The number of carbonyl (C=O) groups is 5. The third-order valence-electron chi connectivity index (χ3n) is 7.11. The molecule has 0 bridgehead atoms. The molecule has 2 heterocycles. The van der Waals surface area contributed by atoms with Crippen LogP contribution >= 0.6 is 0 Å². The molecule has 1 aliphatic heterocycles. The molecular weight excluding hydrogens is 548 g/mol. The quantitative estimate of drug-likeness (QED) is 0.0717. The molecule has 2 aromatic rings. The highest BCUT2D eigenvalue weighted by Gasteiger charge is 2.38. The number of likely N-dealkylation sites (tertiary alicyclic amines) is 1. The summed E-state index contributed by atoms with van der Waals surface area (Å²) in [6, 6.07) is 3.12. The average Bonchev–Trinajstić information content (AvgIpc) is 3.59. The molecule has 11 N–H and O–H groups in total. The number of nitrogens with zero attached hydrogens (tertiary/aromatic N) is 2. The second-order valence-corrected chi connectivity index (χ2v) is 10.2. The Morgan fingerprint density at radius 2 is 1.81 bits per heavy atom. The van der Waals surface area contributed by atoms with Gasteiger partial charge in [0.1, 0.15) is 18.1 Å². The monoisotopic (exact) mass is 586 g/mol. The van der Waals surface area contributed by atoms with Gasteiger partial charge in [0, 0.05) is 36.6 Å². The maximum atomic E-state index is 13.3. The molecule has 1 saturated heterocycles. The van der Waals surface area contributed by atoms with Gasteiger partial charge in [-0.3, -0.25) is 24.2 Å². The summed E-state index contributed by atoms with van der Waals surface area (Å²) < 4.78 is 0. The Morgan fingerprint density at radius 3 is 2.50 bits per heavy atom. The molecule has 0 spiro atoms. The fourth-order valence-electron chi connectivity index (χ4n) is 4.98. The summed E-state index contributed by atoms with van der Waals surface area (Å²) in [5.41, 5.74) is 18.6. The highest BCUT2D eigenvalue weighted by Crippen LogP contribution is 2.22. The number of H-pyrrole nitrogens is 1. The predicted octanol–water partition coefficient (Wildman–Crippen LogP) is -0.999. The van der Waals surface area contributed by atoms with Crippen LogP contribution in [0, 0.1) is 0 Å². The predicted molar refractivity (Wildman–Crippen MR) is 153 cm³/mol. The largest absolute Gasteiger partial charge is 0.481 e. The van der Waals surface area contributed by atoms with Crippen LogP contribution in [0.3, 0.4) is 0 Å². The first-order chi connectivity index (χ1) is 20.0. The Bertz CT molecular complexity index is 1320. The molecule has 3 rings (SSSR count). The zero-order valence-electron chi connectivity index (χ0n) is 23.1. The molecule has 4 atom stereocenters. The summed E-state index contributed by atoms with van der Waals surface area (Å²) in [7, 11) is 0. The van der Waals surface area contributed by atoms with Crippen LogP contribution in [0.5, 0.6) is 0 Å². The fourth-order valence-corrected chi connectivity index (χ4v) is 4.98. The van der Waals surface area contributed by atoms with Gasteiger partial charge in [-0.2, -0.15) is 0 Å². The van der Waals surface area contributed by atoms with E-state index in [1.807, 2.05) is 24.3 Å². The molecule has 4 unspecified atom stereocenters. The molecule has 1 aromatic heterocycles. The standard InChI is InChI=1S/C27H38N8O7/c28-17(13-15-14-32-18-6-2-1-5-16(15)18)25(40)35-12-4-8-21(35)24(39)33-19(9-10-22(36)37)23(38)34-20(26(41)42)7-3-11-31-27(29)30/h1-2,5-6,14,17,19-21,32H,3-4,7-13,28H2,(H,33,39)(H,34,38)(H,36,37)(H,41,42)(H4,29,30,31). The van der Waals surface area contributed by atoms with Crippen molar-refractivity contribution in [2.24, 2.45) is 22.2 Å². The number of hydrogen-bond donors (Lipinski definition) is 8. The highest BCUT2D eigenvalue weighted by molar-refractivity contribution is 5.95. The molecule has 0 saturated carbocycles. The zero-order valence-corrected chi connectivity index (χ0v) is 23.1. The first kappa shape index (κ1) is 31.9. The second kappa shape index (κ2) is 14.8. The molecule has 0 radical (unpaired) electrons. The maximum absolute atomic E-state index is 13.3. The van der Waals surface area contributed by atoms with Gasteiger partial charge in [0.25, 0.3) is 0 Å². The van der Waals surface area contributed by atoms with Crippen molar-refractivity contribution in [3.63, 3.8) is 0 Å². The van der Waals surface area contributed by atoms with E-state index in [0.717, 1.165) is 16.5 Å². The van der Waals surface area contributed by atoms with E-state index in [-0.39, 0.29) is 38.2 Å². The summed E-state index contributed by atoms with van der Waals surface area (Å²) >= 11 is 0. The van der Waals surface area contributed by atoms with E-state index in [1.165, 1.54) is 4.90 Å². The SMILES string of the molecule is NC(N)=NCCCC(NC(=O)C(CCC(=O)O)NC(=O)C1CCCN1C(=O)C(N)Cc1c[nH]c2ccccc12)C(=O)O. The number of carbonyl (C=O) groups excluding carboxylic acids is 3. The summed E-state index contributed by atoms with van der Waals surface area (Å²) in [4.78, 5) is 70.8. The number of nitrogens with two attached hydrogens (primary N) is 3. The van der Waals surface area contributed by atoms with Gasteiger partial charge in [-0.25, -0.2) is 4.79 Å². The van der Waals surface area contributed by atoms with E-state index in [0.29, 0.717) is 19.4 Å². The molecule has 15 heteroatoms. The molecule has 228 valence electrons. The molecule has 1 aromatic carbocycles. The highest BCUT2D eigenvalue weighted by atomic mass is 16.4. The first-order valence-electron chi connectivity index (χ1n) is 13.7. The molecule has 42 heavy (non-hydrogen) atoms. The number of guanidine groups is 1. The Kier molecular flexibility index (Phi) is 11.2. The molecule has 3 amide bonds. The number of nitrogens with one attached hydrogen (secondary N) is 3. The number of rotatable bonds is 15. The number of carboxylic acids is 2. The van der Waals surface area contributed by atoms with Crippen LogP contribution in [0.1, 0.15) is 44.1 Å². The Labute approximate surface area is 241 Å². The van der Waals surface area contributed by atoms with E-state index in [4.69, 9.17) is 22.3 Å². The van der Waals surface area contributed by atoms with Crippen LogP contribution < -0.4 is 27.8 Å². The van der Waals surface area contributed by atoms with Crippen molar-refractivity contribution in [1.29, 1.82) is 0 Å². The minimum Gasteiger partial charge on any atom is -0.481 e. The van der Waals surface area contributed by atoms with E-state index in [2.05, 4.69) is 20.6 Å². The van der Waals surface area contributed by atoms with Crippen LogP contribution in [0.15, 0.2) is 35.5 Å². The van der Waals surface area contributed by atoms with Crippen molar-refractivity contribution < 1.29 is 34.2 Å². The first-order valence-corrected chi connectivity index (χ1v) is 13.7. The van der Waals surface area contributed by atoms with Crippen LogP contribution in [-0.2, 0) is 30.4 Å². The Hall–Kier alpha value is -4.66. The number of para-hydroxylation sites is 1. The molecular formula is C27H38N8O7. The van der Waals surface area contributed by atoms with Crippen LogP contribution in [0.25, 0.3) is 10.9 Å². The topological polar surface area (TPSA) is 259 Å². The molecule has 15 nitrogen and oxygen atoms in total. The summed E-state index contributed by atoms with van der Waals surface area (Å²) in [5, 5.41) is 24.5. The van der Waals surface area contributed by atoms with Crippen molar-refractivity contribution in [2.75, 3.05) is 13.1 Å². The number of amides is 3. The number of aliphatic carboxylic acids is 2. The van der Waals surface area contributed by atoms with Crippen molar-refractivity contribution in [1.82, 2.24) is 20.5 Å². The molecule has 0 aliphatic carbocycles. The lowest BCUT2D eigenvalue weighted by Crippen LogP contribution is -2.56. The van der Waals surface area contributed by atoms with E-state index in [1.54, 1.807) is 6.20 Å². The van der Waals surface area contributed by atoms with Crippen LogP contribution in [-0.4, -0.2) is 93.0 Å². The van der Waals surface area contributed by atoms with Gasteiger partial charge < -0.3 is 47.9 Å². The molecule has 1 aliphatic rings. The number of aromatic nitrogens is 1. The third kappa shape index (κ3) is 8.67. The molecule has 1 fully saturated rings. The Morgan fingerprint density at radius 1 is 1.07 bits per heavy atom. The van der Waals surface area contributed by atoms with E-state index in [9.17, 15) is 29.1 Å². The van der Waals surface area contributed by atoms with Crippen LogP contribution in [0.4, 0.5) is 0 Å².